The molecular formula is C15H25N3O2. The van der Waals surface area contributed by atoms with Crippen LogP contribution in [0.2, 0.25) is 0 Å². The number of rotatable bonds is 6. The molecule has 20 heavy (non-hydrogen) atoms. The van der Waals surface area contributed by atoms with E-state index in [-0.39, 0.29) is 5.75 Å². The lowest BCUT2D eigenvalue weighted by molar-refractivity contribution is 0.410. The molecule has 112 valence electrons. The fraction of sp³-hybridized carbons (Fsp3) is 0.533. The van der Waals surface area contributed by atoms with Crippen LogP contribution in [-0.2, 0) is 6.54 Å². The highest BCUT2D eigenvalue weighted by molar-refractivity contribution is 5.79. The van der Waals surface area contributed by atoms with Crippen molar-refractivity contribution in [2.75, 3.05) is 27.7 Å². The monoisotopic (exact) mass is 279 g/mol. The molecule has 0 bridgehead atoms. The molecule has 0 amide bonds. The Labute approximate surface area is 121 Å². The third-order valence-corrected chi connectivity index (χ3v) is 3.14. The minimum Gasteiger partial charge on any atom is -0.508 e. The Morgan fingerprint density at radius 1 is 1.45 bits per heavy atom. The summed E-state index contributed by atoms with van der Waals surface area (Å²) in [6, 6.07) is 5.20. The summed E-state index contributed by atoms with van der Waals surface area (Å²) in [7, 11) is 5.38. The topological polar surface area (TPSA) is 57.1 Å². The minimum absolute atomic E-state index is 0.255. The lowest BCUT2D eigenvalue weighted by Gasteiger charge is -2.22. The number of guanidine groups is 1. The van der Waals surface area contributed by atoms with Gasteiger partial charge in [0.15, 0.2) is 5.96 Å². The highest BCUT2D eigenvalue weighted by Crippen LogP contribution is 2.22. The Balaban J connectivity index is 2.64. The highest BCUT2D eigenvalue weighted by Gasteiger charge is 2.07. The van der Waals surface area contributed by atoms with E-state index in [0.29, 0.717) is 6.54 Å². The van der Waals surface area contributed by atoms with Crippen LogP contribution >= 0.6 is 0 Å². The number of unbranched alkanes of at least 4 members (excludes halogenated alkanes) is 1. The molecule has 5 heteroatoms. The van der Waals surface area contributed by atoms with Gasteiger partial charge in [-0.3, -0.25) is 4.99 Å². The first-order valence-electron chi connectivity index (χ1n) is 6.90. The van der Waals surface area contributed by atoms with Crippen molar-refractivity contribution >= 4 is 5.96 Å². The molecule has 0 atom stereocenters. The van der Waals surface area contributed by atoms with Gasteiger partial charge >= 0.3 is 0 Å². The lowest BCUT2D eigenvalue weighted by Crippen LogP contribution is -2.38. The number of aliphatic imine (C=N–C) groups is 1. The molecular weight excluding hydrogens is 254 g/mol. The van der Waals surface area contributed by atoms with E-state index in [0.717, 1.165) is 36.7 Å². The van der Waals surface area contributed by atoms with Crippen LogP contribution in [0.25, 0.3) is 0 Å². The number of nitrogens with zero attached hydrogens (tertiary/aromatic N) is 2. The third kappa shape index (κ3) is 4.64. The maximum Gasteiger partial charge on any atom is 0.193 e. The van der Waals surface area contributed by atoms with E-state index in [1.165, 1.54) is 0 Å². The number of phenolic OH excluding ortho intramolecular Hbond substituents is 1. The van der Waals surface area contributed by atoms with E-state index in [2.05, 4.69) is 22.1 Å². The summed E-state index contributed by atoms with van der Waals surface area (Å²) < 4.78 is 5.16. The molecule has 0 aromatic heterocycles. The van der Waals surface area contributed by atoms with Gasteiger partial charge in [-0.2, -0.15) is 0 Å². The van der Waals surface area contributed by atoms with E-state index >= 15 is 0 Å². The first-order valence-corrected chi connectivity index (χ1v) is 6.90. The van der Waals surface area contributed by atoms with Crippen LogP contribution in [0.4, 0.5) is 0 Å². The van der Waals surface area contributed by atoms with Gasteiger partial charge in [-0.15, -0.1) is 0 Å². The number of phenols is 1. The van der Waals surface area contributed by atoms with Crippen molar-refractivity contribution in [3.8, 4) is 11.5 Å². The Morgan fingerprint density at radius 3 is 2.80 bits per heavy atom. The first-order chi connectivity index (χ1) is 9.62. The fourth-order valence-electron chi connectivity index (χ4n) is 1.89. The number of hydrogen-bond donors (Lipinski definition) is 2. The number of aromatic hydroxyl groups is 1. The van der Waals surface area contributed by atoms with Crippen molar-refractivity contribution in [3.63, 3.8) is 0 Å². The van der Waals surface area contributed by atoms with Crippen molar-refractivity contribution < 1.29 is 9.84 Å². The van der Waals surface area contributed by atoms with Gasteiger partial charge in [-0.05, 0) is 24.6 Å². The van der Waals surface area contributed by atoms with Gasteiger partial charge in [0.2, 0.25) is 0 Å². The third-order valence-electron chi connectivity index (χ3n) is 3.14. The van der Waals surface area contributed by atoms with Crippen LogP contribution < -0.4 is 10.1 Å². The van der Waals surface area contributed by atoms with Crippen molar-refractivity contribution in [1.29, 1.82) is 0 Å². The summed E-state index contributed by atoms with van der Waals surface area (Å²) >= 11 is 0. The number of hydrogen-bond acceptors (Lipinski definition) is 3. The average molecular weight is 279 g/mol. The van der Waals surface area contributed by atoms with Crippen LogP contribution in [0.1, 0.15) is 25.3 Å². The zero-order valence-corrected chi connectivity index (χ0v) is 12.8. The molecule has 0 spiro atoms. The van der Waals surface area contributed by atoms with E-state index in [1.807, 2.05) is 13.1 Å². The van der Waals surface area contributed by atoms with Gasteiger partial charge in [-0.1, -0.05) is 13.3 Å². The van der Waals surface area contributed by atoms with E-state index < -0.39 is 0 Å². The number of nitrogens with one attached hydrogen (secondary N) is 1. The first kappa shape index (κ1) is 16.1. The molecule has 5 nitrogen and oxygen atoms in total. The zero-order chi connectivity index (χ0) is 15.0. The van der Waals surface area contributed by atoms with Crippen molar-refractivity contribution in [2.45, 2.75) is 26.3 Å². The summed E-state index contributed by atoms with van der Waals surface area (Å²) in [5.41, 5.74) is 0.786. The molecule has 1 rings (SSSR count). The van der Waals surface area contributed by atoms with Gasteiger partial charge < -0.3 is 20.1 Å². The Kier molecular flexibility index (Phi) is 6.70. The molecule has 0 aliphatic heterocycles. The summed E-state index contributed by atoms with van der Waals surface area (Å²) in [5, 5.41) is 13.1. The molecule has 1 aromatic rings. The van der Waals surface area contributed by atoms with Gasteiger partial charge in [-0.25, -0.2) is 0 Å². The summed E-state index contributed by atoms with van der Waals surface area (Å²) in [4.78, 5) is 6.33. The predicted molar refractivity (Wildman–Crippen MR) is 82.4 cm³/mol. The van der Waals surface area contributed by atoms with E-state index in [4.69, 9.17) is 4.74 Å². The van der Waals surface area contributed by atoms with E-state index in [9.17, 15) is 5.11 Å². The Bertz CT molecular complexity index is 447. The molecule has 0 saturated heterocycles. The van der Waals surface area contributed by atoms with Gasteiger partial charge in [0.05, 0.1) is 7.11 Å². The van der Waals surface area contributed by atoms with Gasteiger partial charge in [0.1, 0.15) is 11.5 Å². The quantitative estimate of drug-likeness (QED) is 0.619. The molecule has 0 unspecified atom stereocenters. The molecule has 0 fully saturated rings. The molecule has 0 aliphatic carbocycles. The zero-order valence-electron chi connectivity index (χ0n) is 12.8. The molecule has 0 aliphatic rings. The molecule has 1 aromatic carbocycles. The summed E-state index contributed by atoms with van der Waals surface area (Å²) in [6.07, 6.45) is 2.28. The normalized spacial score (nSPS) is 11.3. The average Bonchev–Trinajstić information content (AvgIpc) is 2.47. The summed E-state index contributed by atoms with van der Waals surface area (Å²) in [6.45, 7) is 3.63. The van der Waals surface area contributed by atoms with Crippen LogP contribution in [0.15, 0.2) is 23.2 Å². The molecule has 0 radical (unpaired) electrons. The molecule has 2 N–H and O–H groups in total. The van der Waals surface area contributed by atoms with Crippen molar-refractivity contribution in [1.82, 2.24) is 10.2 Å². The molecule has 0 heterocycles. The Morgan fingerprint density at radius 2 is 2.20 bits per heavy atom. The second-order valence-corrected chi connectivity index (χ2v) is 4.67. The maximum absolute atomic E-state index is 9.85. The Hall–Kier alpha value is -1.91. The highest BCUT2D eigenvalue weighted by atomic mass is 16.5. The van der Waals surface area contributed by atoms with Gasteiger partial charge in [0.25, 0.3) is 0 Å². The van der Waals surface area contributed by atoms with Crippen LogP contribution in [0.3, 0.4) is 0 Å². The summed E-state index contributed by atoms with van der Waals surface area (Å²) in [5.74, 6) is 1.81. The SMILES string of the molecule is CCCCN(C)C(=NC)NCc1cc(OC)ccc1O. The van der Waals surface area contributed by atoms with E-state index in [1.54, 1.807) is 26.3 Å². The number of benzene rings is 1. The van der Waals surface area contributed by atoms with Crippen molar-refractivity contribution in [2.24, 2.45) is 4.99 Å². The maximum atomic E-state index is 9.85. The molecule has 0 saturated carbocycles. The smallest absolute Gasteiger partial charge is 0.193 e. The largest absolute Gasteiger partial charge is 0.508 e. The lowest BCUT2D eigenvalue weighted by atomic mass is 10.2. The number of ether oxygens (including phenoxy) is 1. The van der Waals surface area contributed by atoms with Gasteiger partial charge in [0, 0.05) is 32.7 Å². The predicted octanol–water partition coefficient (Wildman–Crippen LogP) is 2.21. The minimum atomic E-state index is 0.255. The van der Waals surface area contributed by atoms with Crippen LogP contribution in [0.5, 0.6) is 11.5 Å². The standard InChI is InChI=1S/C15H25N3O2/c1-5-6-9-18(3)15(16-2)17-11-12-10-13(20-4)7-8-14(12)19/h7-8,10,19H,5-6,9,11H2,1-4H3,(H,16,17). The number of methoxy groups -OCH3 is 1. The van der Waals surface area contributed by atoms with Crippen molar-refractivity contribution in [3.05, 3.63) is 23.8 Å². The fourth-order valence-corrected chi connectivity index (χ4v) is 1.89. The second-order valence-electron chi connectivity index (χ2n) is 4.67. The second kappa shape index (κ2) is 8.30. The van der Waals surface area contributed by atoms with Crippen LogP contribution in [-0.4, -0.2) is 43.7 Å². The van der Waals surface area contributed by atoms with Crippen LogP contribution in [0, 0.1) is 0 Å².